The molecule has 0 saturated carbocycles. The number of nitro groups is 1. The van der Waals surface area contributed by atoms with E-state index in [0.717, 1.165) is 34.5 Å². The largest absolute Gasteiger partial charge is 0.378 e. The summed E-state index contributed by atoms with van der Waals surface area (Å²) in [5.41, 5.74) is 5.21. The fourth-order valence-electron chi connectivity index (χ4n) is 4.85. The molecule has 3 aromatic carbocycles. The highest BCUT2D eigenvalue weighted by molar-refractivity contribution is 6.32. The van der Waals surface area contributed by atoms with Crippen molar-refractivity contribution in [3.63, 3.8) is 0 Å². The topological polar surface area (TPSA) is 84.3 Å². The summed E-state index contributed by atoms with van der Waals surface area (Å²) in [5.74, 6) is 0.213. The van der Waals surface area contributed by atoms with Crippen LogP contribution in [0.3, 0.4) is 0 Å². The van der Waals surface area contributed by atoms with Crippen molar-refractivity contribution in [2.24, 2.45) is 5.92 Å². The van der Waals surface area contributed by atoms with Gasteiger partial charge in [-0.15, -0.1) is 0 Å². The molecule has 33 heavy (non-hydrogen) atoms. The minimum atomic E-state index is -0.448. The van der Waals surface area contributed by atoms with Gasteiger partial charge in [0.05, 0.1) is 11.0 Å². The number of anilines is 2. The highest BCUT2D eigenvalue weighted by Crippen LogP contribution is 2.50. The number of nitro benzene ring substituents is 1. The summed E-state index contributed by atoms with van der Waals surface area (Å²) in [7, 11) is 0. The molecule has 1 heterocycles. The molecule has 0 saturated heterocycles. The fourth-order valence-corrected chi connectivity index (χ4v) is 5.04. The smallest absolute Gasteiger partial charge is 0.288 e. The van der Waals surface area contributed by atoms with Crippen molar-refractivity contribution < 1.29 is 9.72 Å². The first-order chi connectivity index (χ1) is 15.9. The van der Waals surface area contributed by atoms with Crippen LogP contribution in [0.25, 0.3) is 0 Å². The van der Waals surface area contributed by atoms with Crippen LogP contribution in [0.1, 0.15) is 45.4 Å². The monoisotopic (exact) mass is 459 g/mol. The average Bonchev–Trinajstić information content (AvgIpc) is 3.29. The lowest BCUT2D eigenvalue weighted by atomic mass is 9.77. The number of allylic oxidation sites excluding steroid dienone is 2. The van der Waals surface area contributed by atoms with Gasteiger partial charge >= 0.3 is 0 Å². The second kappa shape index (κ2) is 8.37. The van der Waals surface area contributed by atoms with Gasteiger partial charge in [-0.25, -0.2) is 0 Å². The van der Waals surface area contributed by atoms with Gasteiger partial charge in [0.1, 0.15) is 5.02 Å². The standard InChI is InChI=1S/C26H22ClN3O3/c1-15-4-2-5-17(12-15)26(31)28-18-9-11-23-21(14-18)19-6-3-7-20(19)25(29-23)16-8-10-22(27)24(13-16)30(32)33/h2-6,8-14,19-20,25,29H,7H2,1H3,(H,28,31). The number of benzene rings is 3. The molecule has 3 aromatic rings. The second-order valence-electron chi connectivity index (χ2n) is 8.57. The summed E-state index contributed by atoms with van der Waals surface area (Å²) in [6.45, 7) is 1.96. The molecule has 0 radical (unpaired) electrons. The van der Waals surface area contributed by atoms with Gasteiger partial charge in [0.15, 0.2) is 0 Å². The molecule has 3 unspecified atom stereocenters. The second-order valence-corrected chi connectivity index (χ2v) is 8.98. The van der Waals surface area contributed by atoms with E-state index in [9.17, 15) is 14.9 Å². The first kappa shape index (κ1) is 21.2. The SMILES string of the molecule is Cc1cccc(C(=O)Nc2ccc3c(c2)C2C=CCC2C(c2ccc(Cl)c([N+](=O)[O-])c2)N3)c1. The number of fused-ring (bicyclic) bond motifs is 3. The highest BCUT2D eigenvalue weighted by atomic mass is 35.5. The Bertz CT molecular complexity index is 1300. The van der Waals surface area contributed by atoms with Crippen molar-refractivity contribution in [2.45, 2.75) is 25.3 Å². The zero-order valence-corrected chi connectivity index (χ0v) is 18.7. The molecule has 0 aromatic heterocycles. The van der Waals surface area contributed by atoms with Crippen LogP contribution in [0.5, 0.6) is 0 Å². The van der Waals surface area contributed by atoms with Crippen molar-refractivity contribution in [2.75, 3.05) is 10.6 Å². The molecule has 7 heteroatoms. The third kappa shape index (κ3) is 3.98. The predicted octanol–water partition coefficient (Wildman–Crippen LogP) is 6.64. The van der Waals surface area contributed by atoms with Crippen LogP contribution in [-0.2, 0) is 0 Å². The molecule has 2 N–H and O–H groups in total. The lowest BCUT2D eigenvalue weighted by Gasteiger charge is -2.37. The summed E-state index contributed by atoms with van der Waals surface area (Å²) >= 11 is 6.03. The molecule has 1 aliphatic carbocycles. The van der Waals surface area contributed by atoms with Crippen molar-refractivity contribution in [1.82, 2.24) is 0 Å². The van der Waals surface area contributed by atoms with Gasteiger partial charge in [0.25, 0.3) is 11.6 Å². The van der Waals surface area contributed by atoms with Crippen LogP contribution in [-0.4, -0.2) is 10.8 Å². The van der Waals surface area contributed by atoms with Gasteiger partial charge in [-0.2, -0.15) is 0 Å². The van der Waals surface area contributed by atoms with Gasteiger partial charge in [0.2, 0.25) is 0 Å². The van der Waals surface area contributed by atoms with E-state index >= 15 is 0 Å². The van der Waals surface area contributed by atoms with E-state index in [-0.39, 0.29) is 34.5 Å². The maximum atomic E-state index is 12.7. The third-order valence-corrected chi connectivity index (χ3v) is 6.75. The number of aryl methyl sites for hydroxylation is 1. The van der Waals surface area contributed by atoms with E-state index in [1.165, 1.54) is 0 Å². The summed E-state index contributed by atoms with van der Waals surface area (Å²) < 4.78 is 0. The minimum absolute atomic E-state index is 0.0822. The van der Waals surface area contributed by atoms with E-state index in [4.69, 9.17) is 11.6 Å². The number of nitrogens with one attached hydrogen (secondary N) is 2. The summed E-state index contributed by atoms with van der Waals surface area (Å²) in [6, 6.07) is 18.3. The Kier molecular flexibility index (Phi) is 5.38. The Balaban J connectivity index is 1.45. The van der Waals surface area contributed by atoms with Crippen LogP contribution < -0.4 is 10.6 Å². The average molecular weight is 460 g/mol. The van der Waals surface area contributed by atoms with Crippen molar-refractivity contribution in [3.8, 4) is 0 Å². The minimum Gasteiger partial charge on any atom is -0.378 e. The Morgan fingerprint density at radius 3 is 2.79 bits per heavy atom. The Morgan fingerprint density at radius 1 is 1.15 bits per heavy atom. The Morgan fingerprint density at radius 2 is 2.00 bits per heavy atom. The number of nitrogens with zero attached hydrogens (tertiary/aromatic N) is 1. The third-order valence-electron chi connectivity index (χ3n) is 6.43. The quantitative estimate of drug-likeness (QED) is 0.260. The maximum absolute atomic E-state index is 12.7. The number of carbonyl (C=O) groups is 1. The van der Waals surface area contributed by atoms with Gasteiger partial charge in [0, 0.05) is 28.9 Å². The Hall–Kier alpha value is -3.64. The number of hydrogen-bond donors (Lipinski definition) is 2. The first-order valence-corrected chi connectivity index (χ1v) is 11.2. The van der Waals surface area contributed by atoms with Crippen molar-refractivity contribution in [3.05, 3.63) is 110 Å². The van der Waals surface area contributed by atoms with E-state index < -0.39 is 4.92 Å². The van der Waals surface area contributed by atoms with E-state index in [0.29, 0.717) is 5.56 Å². The molecule has 1 aliphatic heterocycles. The molecule has 3 atom stereocenters. The number of rotatable bonds is 4. The molecule has 0 spiro atoms. The normalized spacial score (nSPS) is 20.5. The van der Waals surface area contributed by atoms with Crippen molar-refractivity contribution >= 4 is 34.6 Å². The van der Waals surface area contributed by atoms with Crippen molar-refractivity contribution in [1.29, 1.82) is 0 Å². The first-order valence-electron chi connectivity index (χ1n) is 10.8. The molecule has 0 bridgehead atoms. The fraction of sp³-hybridized carbons (Fsp3) is 0.192. The van der Waals surface area contributed by atoms with E-state index in [1.54, 1.807) is 18.2 Å². The molecule has 0 fully saturated rings. The number of carbonyl (C=O) groups excluding carboxylic acids is 1. The molecular formula is C26H22ClN3O3. The number of hydrogen-bond acceptors (Lipinski definition) is 4. The zero-order valence-electron chi connectivity index (χ0n) is 17.9. The summed E-state index contributed by atoms with van der Waals surface area (Å²) in [4.78, 5) is 23.6. The molecule has 5 rings (SSSR count). The zero-order chi connectivity index (χ0) is 23.1. The van der Waals surface area contributed by atoms with Crippen LogP contribution in [0.15, 0.2) is 72.8 Å². The lowest BCUT2D eigenvalue weighted by Crippen LogP contribution is -2.29. The van der Waals surface area contributed by atoms with Crippen LogP contribution in [0.4, 0.5) is 17.1 Å². The predicted molar refractivity (Wildman–Crippen MR) is 130 cm³/mol. The summed E-state index contributed by atoms with van der Waals surface area (Å²) in [5, 5.41) is 18.1. The van der Waals surface area contributed by atoms with Gasteiger partial charge in [-0.3, -0.25) is 14.9 Å². The van der Waals surface area contributed by atoms with Gasteiger partial charge in [-0.1, -0.05) is 47.5 Å². The molecule has 166 valence electrons. The Labute approximate surface area is 196 Å². The van der Waals surface area contributed by atoms with Crippen LogP contribution in [0, 0.1) is 23.0 Å². The van der Waals surface area contributed by atoms with E-state index in [2.05, 4.69) is 22.8 Å². The molecule has 2 aliphatic rings. The summed E-state index contributed by atoms with van der Waals surface area (Å²) in [6.07, 6.45) is 5.20. The maximum Gasteiger partial charge on any atom is 0.288 e. The van der Waals surface area contributed by atoms with E-state index in [1.807, 2.05) is 49.4 Å². The van der Waals surface area contributed by atoms with Gasteiger partial charge < -0.3 is 10.6 Å². The van der Waals surface area contributed by atoms with Crippen LogP contribution >= 0.6 is 11.6 Å². The highest BCUT2D eigenvalue weighted by Gasteiger charge is 2.38. The lowest BCUT2D eigenvalue weighted by molar-refractivity contribution is -0.384. The molecule has 1 amide bonds. The molecular weight excluding hydrogens is 438 g/mol. The number of amides is 1. The number of halogens is 1. The molecule has 6 nitrogen and oxygen atoms in total. The van der Waals surface area contributed by atoms with Gasteiger partial charge in [-0.05, 0) is 66.8 Å². The van der Waals surface area contributed by atoms with Crippen LogP contribution in [0.2, 0.25) is 5.02 Å².